The molecule has 24 heavy (non-hydrogen) atoms. The van der Waals surface area contributed by atoms with E-state index in [1.165, 1.54) is 11.0 Å². The number of aliphatic hydroxyl groups excluding tert-OH is 1. The summed E-state index contributed by atoms with van der Waals surface area (Å²) >= 11 is 0. The highest BCUT2D eigenvalue weighted by atomic mass is 16.3. The first-order valence-corrected chi connectivity index (χ1v) is 7.68. The molecule has 3 N–H and O–H groups in total. The largest absolute Gasteiger partial charge is 0.394 e. The Morgan fingerprint density at radius 3 is 2.88 bits per heavy atom. The van der Waals surface area contributed by atoms with Gasteiger partial charge in [-0.2, -0.15) is 10.4 Å². The van der Waals surface area contributed by atoms with Gasteiger partial charge in [0.15, 0.2) is 0 Å². The molecule has 0 saturated heterocycles. The lowest BCUT2D eigenvalue weighted by Gasteiger charge is -2.20. The molecule has 0 bridgehead atoms. The van der Waals surface area contributed by atoms with Gasteiger partial charge in [-0.1, -0.05) is 13.8 Å². The molecular weight excluding hydrogens is 306 g/mol. The van der Waals surface area contributed by atoms with Crippen LogP contribution in [0.3, 0.4) is 0 Å². The smallest absolute Gasteiger partial charge is 0.147 e. The molecule has 0 aliphatic rings. The monoisotopic (exact) mass is 325 g/mol. The molecule has 0 radical (unpaired) electrons. The summed E-state index contributed by atoms with van der Waals surface area (Å²) in [7, 11) is 1.73. The van der Waals surface area contributed by atoms with Gasteiger partial charge < -0.3 is 15.4 Å². The van der Waals surface area contributed by atoms with Gasteiger partial charge in [0.05, 0.1) is 35.5 Å². The Morgan fingerprint density at radius 2 is 2.21 bits per heavy atom. The number of aliphatic hydroxyl groups is 1. The van der Waals surface area contributed by atoms with Gasteiger partial charge in [-0.25, -0.2) is 9.97 Å². The first kappa shape index (κ1) is 16.0. The van der Waals surface area contributed by atoms with Gasteiger partial charge in [-0.05, 0) is 12.0 Å². The molecule has 0 unspecified atom stereocenters. The summed E-state index contributed by atoms with van der Waals surface area (Å²) in [6.45, 7) is 4.08. The predicted molar refractivity (Wildman–Crippen MR) is 90.1 cm³/mol. The average molecular weight is 325 g/mol. The number of aromatic nitrogens is 5. The van der Waals surface area contributed by atoms with Gasteiger partial charge in [0.2, 0.25) is 0 Å². The SMILES string of the molecule is CC(C)[C@H](CO)Nc1ncnc2[nH]c(-c3cnn(C)c3C#N)cc12. The van der Waals surface area contributed by atoms with Gasteiger partial charge in [-0.3, -0.25) is 4.68 Å². The third kappa shape index (κ3) is 2.70. The number of hydrogen-bond donors (Lipinski definition) is 3. The van der Waals surface area contributed by atoms with Gasteiger partial charge >= 0.3 is 0 Å². The zero-order valence-corrected chi connectivity index (χ0v) is 13.8. The molecule has 0 spiro atoms. The molecule has 3 rings (SSSR count). The second kappa shape index (κ2) is 6.29. The maximum absolute atomic E-state index is 9.52. The molecule has 0 fully saturated rings. The zero-order chi connectivity index (χ0) is 17.3. The number of aromatic amines is 1. The molecule has 3 aromatic rings. The topological polar surface area (TPSA) is 115 Å². The molecule has 0 amide bonds. The fraction of sp³-hybridized carbons (Fsp3) is 0.375. The molecule has 3 heterocycles. The molecule has 0 aliphatic carbocycles. The highest BCUT2D eigenvalue weighted by molar-refractivity contribution is 5.92. The van der Waals surface area contributed by atoms with Crippen LogP contribution in [-0.2, 0) is 7.05 Å². The number of fused-ring (bicyclic) bond motifs is 1. The van der Waals surface area contributed by atoms with Crippen LogP contribution in [0.5, 0.6) is 0 Å². The first-order chi connectivity index (χ1) is 11.5. The van der Waals surface area contributed by atoms with E-state index in [2.05, 4.69) is 31.4 Å². The quantitative estimate of drug-likeness (QED) is 0.657. The van der Waals surface area contributed by atoms with E-state index in [4.69, 9.17) is 0 Å². The van der Waals surface area contributed by atoms with Gasteiger partial charge in [0, 0.05) is 7.05 Å². The van der Waals surface area contributed by atoms with E-state index in [1.807, 2.05) is 19.9 Å². The Bertz CT molecular complexity index is 903. The van der Waals surface area contributed by atoms with Crippen molar-refractivity contribution in [3.8, 4) is 17.3 Å². The summed E-state index contributed by atoms with van der Waals surface area (Å²) in [6, 6.07) is 3.94. The van der Waals surface area contributed by atoms with E-state index in [-0.39, 0.29) is 18.6 Å². The number of nitrogens with one attached hydrogen (secondary N) is 2. The van der Waals surface area contributed by atoms with Crippen LogP contribution in [0.4, 0.5) is 5.82 Å². The minimum Gasteiger partial charge on any atom is -0.394 e. The lowest BCUT2D eigenvalue weighted by atomic mass is 10.1. The number of rotatable bonds is 5. The highest BCUT2D eigenvalue weighted by Crippen LogP contribution is 2.29. The second-order valence-electron chi connectivity index (χ2n) is 5.99. The normalized spacial score (nSPS) is 12.5. The Balaban J connectivity index is 2.06. The Morgan fingerprint density at radius 1 is 1.42 bits per heavy atom. The zero-order valence-electron chi connectivity index (χ0n) is 13.8. The van der Waals surface area contributed by atoms with Crippen molar-refractivity contribution in [2.24, 2.45) is 13.0 Å². The minimum absolute atomic E-state index is 0.0155. The summed E-state index contributed by atoms with van der Waals surface area (Å²) in [5.74, 6) is 0.902. The van der Waals surface area contributed by atoms with E-state index in [0.29, 0.717) is 22.7 Å². The van der Waals surface area contributed by atoms with Crippen LogP contribution in [0.25, 0.3) is 22.3 Å². The highest BCUT2D eigenvalue weighted by Gasteiger charge is 2.18. The van der Waals surface area contributed by atoms with E-state index in [0.717, 1.165) is 11.1 Å². The van der Waals surface area contributed by atoms with Crippen molar-refractivity contribution in [1.82, 2.24) is 24.7 Å². The van der Waals surface area contributed by atoms with Crippen molar-refractivity contribution in [3.05, 3.63) is 24.3 Å². The van der Waals surface area contributed by atoms with Crippen molar-refractivity contribution < 1.29 is 5.11 Å². The van der Waals surface area contributed by atoms with Crippen LogP contribution in [-0.4, -0.2) is 42.5 Å². The fourth-order valence-corrected chi connectivity index (χ4v) is 2.57. The van der Waals surface area contributed by atoms with E-state index >= 15 is 0 Å². The molecular formula is C16H19N7O. The molecule has 3 aromatic heterocycles. The summed E-state index contributed by atoms with van der Waals surface area (Å²) in [6.07, 6.45) is 3.11. The van der Waals surface area contributed by atoms with Gasteiger partial charge in [0.1, 0.15) is 29.6 Å². The number of hydrogen-bond acceptors (Lipinski definition) is 6. The molecule has 124 valence electrons. The molecule has 0 aliphatic heterocycles. The van der Waals surface area contributed by atoms with Crippen LogP contribution in [0, 0.1) is 17.2 Å². The molecule has 0 saturated carbocycles. The van der Waals surface area contributed by atoms with Crippen LogP contribution in [0.2, 0.25) is 0 Å². The van der Waals surface area contributed by atoms with Crippen molar-refractivity contribution in [2.75, 3.05) is 11.9 Å². The van der Waals surface area contributed by atoms with Crippen LogP contribution in [0.15, 0.2) is 18.6 Å². The number of nitriles is 1. The minimum atomic E-state index is -0.102. The summed E-state index contributed by atoms with van der Waals surface area (Å²) < 4.78 is 1.53. The van der Waals surface area contributed by atoms with Crippen molar-refractivity contribution in [1.29, 1.82) is 5.26 Å². The van der Waals surface area contributed by atoms with Crippen molar-refractivity contribution in [3.63, 3.8) is 0 Å². The molecule has 8 nitrogen and oxygen atoms in total. The van der Waals surface area contributed by atoms with Crippen molar-refractivity contribution in [2.45, 2.75) is 19.9 Å². The maximum Gasteiger partial charge on any atom is 0.147 e. The molecule has 0 aromatic carbocycles. The summed E-state index contributed by atoms with van der Waals surface area (Å²) in [4.78, 5) is 11.7. The van der Waals surface area contributed by atoms with Crippen LogP contribution < -0.4 is 5.32 Å². The van der Waals surface area contributed by atoms with Crippen molar-refractivity contribution >= 4 is 16.9 Å². The molecule has 1 atom stereocenters. The number of nitrogens with zero attached hydrogens (tertiary/aromatic N) is 5. The first-order valence-electron chi connectivity index (χ1n) is 7.68. The van der Waals surface area contributed by atoms with Gasteiger partial charge in [-0.15, -0.1) is 0 Å². The Kier molecular flexibility index (Phi) is 4.18. The fourth-order valence-electron chi connectivity index (χ4n) is 2.57. The van der Waals surface area contributed by atoms with E-state index in [1.54, 1.807) is 13.2 Å². The maximum atomic E-state index is 9.52. The Labute approximate surface area is 139 Å². The van der Waals surface area contributed by atoms with Gasteiger partial charge in [0.25, 0.3) is 0 Å². The van der Waals surface area contributed by atoms with Crippen LogP contribution in [0.1, 0.15) is 19.5 Å². The lowest BCUT2D eigenvalue weighted by Crippen LogP contribution is -2.29. The third-order valence-electron chi connectivity index (χ3n) is 4.08. The third-order valence-corrected chi connectivity index (χ3v) is 4.08. The molecule has 8 heteroatoms. The predicted octanol–water partition coefficient (Wildman–Crippen LogP) is 1.66. The van der Waals surface area contributed by atoms with E-state index in [9.17, 15) is 10.4 Å². The summed E-state index contributed by atoms with van der Waals surface area (Å²) in [5, 5.41) is 27.0. The standard InChI is InChI=1S/C16H19N7O/c1-9(2)13(7-24)22-16-10-4-12(21-15(10)18-8-19-16)11-6-20-23(3)14(11)5-17/h4,6,8-9,13,24H,7H2,1-3H3,(H2,18,19,21,22)/t13-/m0/s1. The second-order valence-corrected chi connectivity index (χ2v) is 5.99. The average Bonchev–Trinajstić information content (AvgIpc) is 3.15. The van der Waals surface area contributed by atoms with Crippen LogP contribution >= 0.6 is 0 Å². The lowest BCUT2D eigenvalue weighted by molar-refractivity contribution is 0.249. The number of aryl methyl sites for hydroxylation is 1. The number of H-pyrrole nitrogens is 1. The number of anilines is 1. The summed E-state index contributed by atoms with van der Waals surface area (Å²) in [5.41, 5.74) is 2.60. The van der Waals surface area contributed by atoms with E-state index < -0.39 is 0 Å². The Hall–Kier alpha value is -2.92.